The van der Waals surface area contributed by atoms with Crippen LogP contribution in [0, 0.1) is 17.8 Å². The molecule has 0 heterocycles. The highest BCUT2D eigenvalue weighted by atomic mass is 32.9. The van der Waals surface area contributed by atoms with Crippen LogP contribution in [0.3, 0.4) is 0 Å². The molecule has 1 fully saturated rings. The summed E-state index contributed by atoms with van der Waals surface area (Å²) < 4.78 is 0. The minimum Gasteiger partial charge on any atom is -0.113 e. The average Bonchev–Trinajstić information content (AvgIpc) is 3.28. The van der Waals surface area contributed by atoms with Crippen LogP contribution in [-0.4, -0.2) is 10.3 Å². The van der Waals surface area contributed by atoms with E-state index in [-0.39, 0.29) is 41.0 Å². The third kappa shape index (κ3) is 7.52. The first-order valence-corrected chi connectivity index (χ1v) is 45.1. The molecule has 214 valence electrons. The van der Waals surface area contributed by atoms with E-state index in [4.69, 9.17) is 0 Å². The van der Waals surface area contributed by atoms with E-state index in [1.807, 2.05) is 16.2 Å². The van der Waals surface area contributed by atoms with E-state index in [9.17, 15) is 0 Å². The Kier molecular flexibility index (Phi) is 17.6. The van der Waals surface area contributed by atoms with Gasteiger partial charge in [-0.15, -0.1) is 98.5 Å². The van der Waals surface area contributed by atoms with Crippen LogP contribution in [0.4, 0.5) is 0 Å². The minimum atomic E-state index is -0.199. The molecule has 0 aromatic carbocycles. The lowest BCUT2D eigenvalue weighted by Gasteiger charge is -2.60. The molecule has 24 atom stereocenters. The quantitative estimate of drug-likeness (QED) is 0.192. The van der Waals surface area contributed by atoms with Gasteiger partial charge in [0.25, 0.3) is 0 Å². The molecule has 0 radical (unpaired) electrons. The summed E-state index contributed by atoms with van der Waals surface area (Å²) in [4.78, 5) is 0. The van der Waals surface area contributed by atoms with Gasteiger partial charge in [-0.1, -0.05) is 65.9 Å². The molecule has 4 aliphatic carbocycles. The maximum absolute atomic E-state index is 3.36. The van der Waals surface area contributed by atoms with Crippen molar-refractivity contribution in [3.63, 3.8) is 0 Å². The summed E-state index contributed by atoms with van der Waals surface area (Å²) >= 11 is 0. The molecule has 0 saturated heterocycles. The maximum Gasteiger partial charge on any atom is 0.0383 e. The van der Waals surface area contributed by atoms with Gasteiger partial charge in [0.05, 0.1) is 0 Å². The van der Waals surface area contributed by atoms with Gasteiger partial charge >= 0.3 is 0 Å². The van der Waals surface area contributed by atoms with Gasteiger partial charge in [0.2, 0.25) is 0 Å². The SMILES string of the molecule is PPP(P)PC1=CCC2C3CC(P(P)PP)=C4C(P(PP)P(P)P)=C(P)C=CC4(PP)C3CCC12P(P)P. The van der Waals surface area contributed by atoms with E-state index >= 15 is 0 Å². The molecule has 0 aromatic heterocycles. The molecule has 0 aromatic rings. The van der Waals surface area contributed by atoms with Crippen molar-refractivity contribution in [3.05, 3.63) is 45.1 Å². The lowest BCUT2D eigenvalue weighted by Crippen LogP contribution is -2.53. The predicted molar refractivity (Wildman–Crippen MR) is 249 cm³/mol. The van der Waals surface area contributed by atoms with Crippen molar-refractivity contribution in [1.29, 1.82) is 0 Å². The van der Waals surface area contributed by atoms with Gasteiger partial charge in [-0.2, -0.15) is 0 Å². The Hall–Kier alpha value is 7.99. The van der Waals surface area contributed by atoms with E-state index in [0.29, 0.717) is 5.16 Å². The Labute approximate surface area is 271 Å². The first-order valence-electron chi connectivity index (χ1n) is 11.8. The largest absolute Gasteiger partial charge is 0.113 e. The highest BCUT2D eigenvalue weighted by Gasteiger charge is 2.61. The Bertz CT molecular complexity index is 1020. The second-order valence-corrected chi connectivity index (χ2v) is 60.6. The van der Waals surface area contributed by atoms with Crippen molar-refractivity contribution in [2.24, 2.45) is 17.8 Å². The first-order chi connectivity index (χ1) is 18.0. The van der Waals surface area contributed by atoms with Crippen molar-refractivity contribution in [2.45, 2.75) is 36.0 Å². The van der Waals surface area contributed by atoms with Crippen LogP contribution in [0.15, 0.2) is 45.1 Å². The molecule has 0 nitrogen and oxygen atoms in total. The van der Waals surface area contributed by atoms with E-state index in [1.165, 1.54) is 31.0 Å². The fraction of sp³-hybridized carbons (Fsp3) is 0.529. The molecule has 24 unspecified atom stereocenters. The van der Waals surface area contributed by atoms with Crippen LogP contribution in [0.25, 0.3) is 0 Å². The summed E-state index contributed by atoms with van der Waals surface area (Å²) in [5.74, 6) is 2.38. The highest BCUT2D eigenvalue weighted by molar-refractivity contribution is 8.88. The number of hydrogen-bond acceptors (Lipinski definition) is 0. The number of rotatable bonds is 10. The Morgan fingerprint density at radius 3 is 2.18 bits per heavy atom. The third-order valence-electron chi connectivity index (χ3n) is 8.35. The summed E-state index contributed by atoms with van der Waals surface area (Å²) in [5, 5.41) is 7.61. The Morgan fingerprint density at radius 1 is 0.921 bits per heavy atom. The molecule has 0 bridgehead atoms. The normalized spacial score (nSPS) is 36.9. The zero-order valence-corrected chi connectivity index (χ0v) is 43.1. The van der Waals surface area contributed by atoms with Crippen LogP contribution in [0.2, 0.25) is 0 Å². The van der Waals surface area contributed by atoms with Crippen molar-refractivity contribution in [1.82, 2.24) is 0 Å². The van der Waals surface area contributed by atoms with E-state index in [1.54, 1.807) is 5.31 Å². The van der Waals surface area contributed by atoms with E-state index < -0.39 is 0 Å². The van der Waals surface area contributed by atoms with Crippen molar-refractivity contribution < 1.29 is 0 Å². The summed E-state index contributed by atoms with van der Waals surface area (Å²) in [6.07, 6.45) is 13.4. The summed E-state index contributed by atoms with van der Waals surface area (Å²) in [6.45, 7) is -0.0917. The van der Waals surface area contributed by atoms with Gasteiger partial charge in [0.15, 0.2) is 0 Å². The monoisotopic (exact) mass is 896 g/mol. The molecule has 38 heavy (non-hydrogen) atoms. The van der Waals surface area contributed by atoms with Gasteiger partial charge in [0, 0.05) is 10.3 Å². The smallest absolute Gasteiger partial charge is 0.0383 e. The standard InChI is InChI=1S/C17H41P21/c18-11-4-5-16(30-19)9-3-6-17(36(24)25)10(1-2-13(17)29-38(28)33-22)8(9)7-12(34(23)31-20)14(16)15(11)35(32-21)37(26)27/h2,4-5,8-10,29-33H,1,3,6-7,18-28H2. The van der Waals surface area contributed by atoms with Crippen LogP contribution in [-0.2, 0) is 0 Å². The molecule has 0 N–H and O–H groups in total. The zero-order valence-electron chi connectivity index (χ0n) is 20.9. The van der Waals surface area contributed by atoms with Crippen molar-refractivity contribution >= 4 is 175 Å². The third-order valence-corrected chi connectivity index (χ3v) is 63.4. The fourth-order valence-electron chi connectivity index (χ4n) is 6.88. The predicted octanol–water partition coefficient (Wildman–Crippen LogP) is 14.0. The minimum absolute atomic E-state index is 0.0531. The van der Waals surface area contributed by atoms with Gasteiger partial charge in [0.1, 0.15) is 0 Å². The number of hydrogen-bond donors (Lipinski definition) is 0. The van der Waals surface area contributed by atoms with Crippen molar-refractivity contribution in [3.8, 4) is 0 Å². The van der Waals surface area contributed by atoms with Crippen LogP contribution < -0.4 is 0 Å². The molecule has 4 aliphatic rings. The van der Waals surface area contributed by atoms with Gasteiger partial charge in [-0.3, -0.25) is 0 Å². The highest BCUT2D eigenvalue weighted by Crippen LogP contribution is 2.95. The van der Waals surface area contributed by atoms with Gasteiger partial charge < -0.3 is 0 Å². The second-order valence-electron chi connectivity index (χ2n) is 9.71. The summed E-state index contributed by atoms with van der Waals surface area (Å²) in [6, 6.07) is 0. The Balaban J connectivity index is 1.89. The average molecular weight is 896 g/mol. The molecule has 0 aliphatic heterocycles. The molecule has 0 amide bonds. The summed E-state index contributed by atoms with van der Waals surface area (Å²) in [5.41, 5.74) is 1.83. The van der Waals surface area contributed by atoms with Gasteiger partial charge in [-0.05, 0) is 98.8 Å². The molecular formula is C17H41P21. The van der Waals surface area contributed by atoms with Gasteiger partial charge in [-0.25, -0.2) is 0 Å². The van der Waals surface area contributed by atoms with E-state index in [2.05, 4.69) is 117 Å². The van der Waals surface area contributed by atoms with Crippen LogP contribution in [0.5, 0.6) is 0 Å². The lowest BCUT2D eigenvalue weighted by atomic mass is 9.57. The van der Waals surface area contributed by atoms with Crippen molar-refractivity contribution in [2.75, 3.05) is 0 Å². The lowest BCUT2D eigenvalue weighted by molar-refractivity contribution is 0.119. The van der Waals surface area contributed by atoms with Crippen LogP contribution in [0.1, 0.15) is 25.7 Å². The molecule has 21 heteroatoms. The fourth-order valence-corrected chi connectivity index (χ4v) is 51.7. The molecular weight excluding hydrogens is 855 g/mol. The number of allylic oxidation sites excluding steroid dienone is 8. The second kappa shape index (κ2) is 17.3. The zero-order chi connectivity index (χ0) is 28.0. The number of fused-ring (bicyclic) bond motifs is 5. The van der Waals surface area contributed by atoms with E-state index in [0.717, 1.165) is 58.2 Å². The molecule has 4 rings (SSSR count). The van der Waals surface area contributed by atoms with Crippen LogP contribution >= 0.6 is 175 Å². The first kappa shape index (κ1) is 38.8. The Morgan fingerprint density at radius 2 is 1.63 bits per heavy atom. The summed E-state index contributed by atoms with van der Waals surface area (Å²) in [7, 11) is 39.7. The topological polar surface area (TPSA) is 0 Å². The maximum atomic E-state index is 3.36. The molecule has 1 saturated carbocycles. The molecule has 0 spiro atoms.